The number of hydrogen-bond acceptors (Lipinski definition) is 6. The third-order valence-corrected chi connectivity index (χ3v) is 25.3. The molecule has 4 unspecified atom stereocenters. The van der Waals surface area contributed by atoms with Crippen LogP contribution < -0.4 is 0 Å². The topological polar surface area (TPSA) is 65.4 Å². The standard InChI is InChI=1S/2C30H46ClNO2.2CH4/c1-18-13-25-26(32(16-18)12-11-31)19(2)30(34-25)10-8-23-22-6-5-20-14-21(33)7-9-27(20,3)24(22)15-29(23)17-28(29,30)4;1-18-13-27-28(32(17-18)12-11-31)20(3)30(34-27)10-8-23-24-6-5-21-14-22(33)7-9-29(21,4)26(24)15-25(23)19(2)16-30;;/h5,18-19,21-26,33H,6-17H2,1-4H3;5,18,20,22-24,26-28,33H,6-17H2,1-4H3;2*1H4/t18?,19-,21+,22?,23+,24+,25-,26+,27+,28-,29?,30-;18-,20+,22-,23-,24?,26-,27+,28-,29-,30-;;/m10../s1. The first-order valence-electron chi connectivity index (χ1n) is 28.8. The van der Waals surface area contributed by atoms with Crippen LogP contribution in [0.25, 0.3) is 0 Å². The summed E-state index contributed by atoms with van der Waals surface area (Å²) in [5.74, 6) is 8.84. The SMILES string of the molecule is C.C.CC1=C2C[C@H]3C(CC=C4C[C@@H](O)CC[C@@]43C)[C@@H]2CC[C@@]2(C1)O[C@@H]1C[C@H](C)CN(CCCl)[C@H]1[C@H]2C.CC1C[C@H]2O[C@]3(CC[C@H]4C5CC=C6C[C@@H](O)CC[C@]6(C)[C@H]5CC45C[C@]53C)[C@H](C)[C@@H]2N(CCCl)C1. The third-order valence-electron chi connectivity index (χ3n) is 25.0. The van der Waals surface area contributed by atoms with Crippen molar-refractivity contribution in [2.45, 2.75) is 234 Å². The fourth-order valence-corrected chi connectivity index (χ4v) is 22.2. The first-order chi connectivity index (χ1) is 32.4. The van der Waals surface area contributed by atoms with E-state index in [4.69, 9.17) is 32.7 Å². The van der Waals surface area contributed by atoms with Crippen LogP contribution in [0.15, 0.2) is 34.4 Å². The first kappa shape index (κ1) is 53.0. The molecule has 4 saturated heterocycles. The molecule has 3 spiro atoms. The Morgan fingerprint density at radius 3 is 1.86 bits per heavy atom. The minimum Gasteiger partial charge on any atom is -0.393 e. The molecule has 13 aliphatic rings. The molecule has 0 aromatic carbocycles. The van der Waals surface area contributed by atoms with Gasteiger partial charge in [0.25, 0.3) is 0 Å². The zero-order valence-corrected chi connectivity index (χ0v) is 45.2. The van der Waals surface area contributed by atoms with E-state index in [9.17, 15) is 10.2 Å². The molecule has 0 aromatic rings. The van der Waals surface area contributed by atoms with Gasteiger partial charge in [-0.25, -0.2) is 0 Å². The zero-order valence-electron chi connectivity index (χ0n) is 43.7. The second kappa shape index (κ2) is 18.6. The molecule has 8 heteroatoms. The van der Waals surface area contributed by atoms with Crippen LogP contribution in [0, 0.1) is 80.8 Å². The maximum absolute atomic E-state index is 10.4. The fourth-order valence-electron chi connectivity index (χ4n) is 21.8. The maximum atomic E-state index is 10.4. The second-order valence-electron chi connectivity index (χ2n) is 27.8. The summed E-state index contributed by atoms with van der Waals surface area (Å²) in [6.07, 6.45) is 27.1. The predicted molar refractivity (Wildman–Crippen MR) is 289 cm³/mol. The van der Waals surface area contributed by atoms with Crippen LogP contribution in [-0.4, -0.2) is 106 Å². The van der Waals surface area contributed by atoms with Gasteiger partial charge in [-0.2, -0.15) is 0 Å². The molecule has 6 saturated carbocycles. The van der Waals surface area contributed by atoms with Gasteiger partial charge < -0.3 is 19.7 Å². The van der Waals surface area contributed by atoms with E-state index in [1.54, 1.807) is 22.3 Å². The number of halogens is 2. The van der Waals surface area contributed by atoms with Crippen LogP contribution >= 0.6 is 23.2 Å². The number of ether oxygens (including phenoxy) is 2. The van der Waals surface area contributed by atoms with Gasteiger partial charge in [0.2, 0.25) is 0 Å². The molecule has 13 rings (SSSR count). The summed E-state index contributed by atoms with van der Waals surface area (Å²) in [4.78, 5) is 5.37. The van der Waals surface area contributed by atoms with E-state index < -0.39 is 0 Å². The molecule has 9 aliphatic carbocycles. The van der Waals surface area contributed by atoms with Crippen molar-refractivity contribution in [1.82, 2.24) is 9.80 Å². The predicted octanol–water partition coefficient (Wildman–Crippen LogP) is 13.6. The Morgan fingerprint density at radius 1 is 0.671 bits per heavy atom. The van der Waals surface area contributed by atoms with Crippen molar-refractivity contribution in [3.63, 3.8) is 0 Å². The van der Waals surface area contributed by atoms with Crippen molar-refractivity contribution in [3.05, 3.63) is 34.4 Å². The van der Waals surface area contributed by atoms with E-state index in [0.717, 1.165) is 92.5 Å². The van der Waals surface area contributed by atoms with Crippen LogP contribution in [-0.2, 0) is 9.47 Å². The van der Waals surface area contributed by atoms with Crippen molar-refractivity contribution < 1.29 is 19.7 Å². The summed E-state index contributed by atoms with van der Waals surface area (Å²) in [5.41, 5.74) is 8.15. The van der Waals surface area contributed by atoms with Gasteiger partial charge in [0, 0.05) is 67.3 Å². The molecule has 22 atom stereocenters. The van der Waals surface area contributed by atoms with E-state index in [-0.39, 0.29) is 38.3 Å². The van der Waals surface area contributed by atoms with E-state index >= 15 is 0 Å². The van der Waals surface area contributed by atoms with Crippen molar-refractivity contribution in [2.24, 2.45) is 80.8 Å². The van der Waals surface area contributed by atoms with E-state index in [1.807, 2.05) is 0 Å². The summed E-state index contributed by atoms with van der Waals surface area (Å²) in [5, 5.41) is 20.7. The molecule has 70 heavy (non-hydrogen) atoms. The zero-order chi connectivity index (χ0) is 47.5. The highest BCUT2D eigenvalue weighted by molar-refractivity contribution is 6.18. The van der Waals surface area contributed by atoms with Crippen LogP contribution in [0.2, 0.25) is 0 Å². The number of piperidine rings is 2. The maximum Gasteiger partial charge on any atom is 0.0787 e. The molecule has 6 nitrogen and oxygen atoms in total. The highest BCUT2D eigenvalue weighted by Crippen LogP contribution is 2.87. The molecule has 4 heterocycles. The summed E-state index contributed by atoms with van der Waals surface area (Å²) >= 11 is 12.5. The summed E-state index contributed by atoms with van der Waals surface area (Å²) in [7, 11) is 0. The quantitative estimate of drug-likeness (QED) is 0.216. The summed E-state index contributed by atoms with van der Waals surface area (Å²) in [6.45, 7) is 24.4. The van der Waals surface area contributed by atoms with Crippen LogP contribution in [0.4, 0.5) is 0 Å². The number of aliphatic hydroxyl groups excluding tert-OH is 2. The van der Waals surface area contributed by atoms with Gasteiger partial charge >= 0.3 is 0 Å². The molecule has 0 radical (unpaired) electrons. The van der Waals surface area contributed by atoms with Crippen LogP contribution in [0.3, 0.4) is 0 Å². The van der Waals surface area contributed by atoms with E-state index in [2.05, 4.69) is 77.3 Å². The Labute approximate surface area is 437 Å². The normalized spacial score (nSPS) is 53.9. The molecular formula is C62H100Cl2N2O4. The number of alkyl halides is 2. The smallest absolute Gasteiger partial charge is 0.0787 e. The molecule has 4 aliphatic heterocycles. The Hall–Kier alpha value is -0.440. The summed E-state index contributed by atoms with van der Waals surface area (Å²) in [6, 6.07) is 1.08. The van der Waals surface area contributed by atoms with Crippen LogP contribution in [0.1, 0.15) is 186 Å². The molecular weight excluding hydrogens is 908 g/mol. The van der Waals surface area contributed by atoms with Gasteiger partial charge in [0.1, 0.15) is 0 Å². The van der Waals surface area contributed by atoms with E-state index in [1.165, 1.54) is 96.6 Å². The number of allylic oxidation sites excluding steroid dienone is 3. The minimum atomic E-state index is -0.116. The monoisotopic (exact) mass is 1010 g/mol. The van der Waals surface area contributed by atoms with Gasteiger partial charge in [-0.1, -0.05) is 97.8 Å². The lowest BCUT2D eigenvalue weighted by molar-refractivity contribution is -0.148. The number of likely N-dealkylation sites (tertiary alicyclic amines) is 2. The molecule has 10 fully saturated rings. The Bertz CT molecular complexity index is 2080. The molecule has 2 N–H and O–H groups in total. The van der Waals surface area contributed by atoms with Crippen molar-refractivity contribution in [2.75, 3.05) is 37.9 Å². The molecule has 0 bridgehead atoms. The molecule has 0 aromatic heterocycles. The number of hydrogen-bond donors (Lipinski definition) is 2. The van der Waals surface area contributed by atoms with Gasteiger partial charge in [-0.15, -0.1) is 23.2 Å². The average Bonchev–Trinajstić information content (AvgIpc) is 3.53. The number of rotatable bonds is 4. The van der Waals surface area contributed by atoms with Crippen molar-refractivity contribution >= 4 is 23.2 Å². The van der Waals surface area contributed by atoms with Gasteiger partial charge in [-0.3, -0.25) is 9.80 Å². The van der Waals surface area contributed by atoms with Gasteiger partial charge in [-0.05, 0) is 186 Å². The second-order valence-corrected chi connectivity index (χ2v) is 28.6. The first-order valence-corrected chi connectivity index (χ1v) is 29.9. The Morgan fingerprint density at radius 2 is 1.24 bits per heavy atom. The highest BCUT2D eigenvalue weighted by atomic mass is 35.5. The van der Waals surface area contributed by atoms with Gasteiger partial charge in [0.15, 0.2) is 0 Å². The summed E-state index contributed by atoms with van der Waals surface area (Å²) < 4.78 is 14.5. The number of fused-ring (bicyclic) bond motifs is 12. The number of nitrogens with zero attached hydrogens (tertiary/aromatic N) is 2. The highest BCUT2D eigenvalue weighted by Gasteiger charge is 2.84. The third kappa shape index (κ3) is 7.52. The lowest BCUT2D eigenvalue weighted by atomic mass is 9.56. The fraction of sp³-hybridized carbons (Fsp3) is 0.903. The minimum absolute atomic E-state index is 0. The Balaban J connectivity index is 0.000000158. The molecule has 396 valence electrons. The van der Waals surface area contributed by atoms with Crippen LogP contribution in [0.5, 0.6) is 0 Å². The molecule has 0 amide bonds. The van der Waals surface area contributed by atoms with Gasteiger partial charge in [0.05, 0.1) is 35.6 Å². The number of aliphatic hydroxyl groups is 2. The lowest BCUT2D eigenvalue weighted by Gasteiger charge is -2.50. The lowest BCUT2D eigenvalue weighted by Crippen LogP contribution is -2.54. The van der Waals surface area contributed by atoms with Crippen molar-refractivity contribution in [3.8, 4) is 0 Å². The Kier molecular flexibility index (Phi) is 14.1. The largest absolute Gasteiger partial charge is 0.393 e. The van der Waals surface area contributed by atoms with E-state index in [0.29, 0.717) is 69.6 Å². The average molecular weight is 1010 g/mol. The van der Waals surface area contributed by atoms with Crippen molar-refractivity contribution in [1.29, 1.82) is 0 Å².